The van der Waals surface area contributed by atoms with E-state index in [1.165, 1.54) is 0 Å². The number of ether oxygens (including phenoxy) is 1. The molecular weight excluding hydrogens is 297 g/mol. The average molecular weight is 299 g/mol. The fourth-order valence-electron chi connectivity index (χ4n) is 1.07. The molecule has 2 nitrogen and oxygen atoms in total. The van der Waals surface area contributed by atoms with Gasteiger partial charge in [0.25, 0.3) is 6.43 Å². The summed E-state index contributed by atoms with van der Waals surface area (Å²) in [5.74, 6) is -4.52. The second-order valence-corrected chi connectivity index (χ2v) is 3.05. The molecule has 1 aromatic rings. The van der Waals surface area contributed by atoms with Gasteiger partial charge in [-0.25, -0.2) is 18.2 Å². The van der Waals surface area contributed by atoms with Gasteiger partial charge in [0.05, 0.1) is 0 Å². The Morgan fingerprint density at radius 3 is 1.95 bits per heavy atom. The van der Waals surface area contributed by atoms with Gasteiger partial charge in [-0.2, -0.15) is 13.2 Å². The normalized spacial score (nSPS) is 12.9. The first kappa shape index (κ1) is 15.4. The van der Waals surface area contributed by atoms with E-state index in [4.69, 9.17) is 0 Å². The van der Waals surface area contributed by atoms with Crippen molar-refractivity contribution in [1.29, 1.82) is 0 Å². The van der Waals surface area contributed by atoms with Crippen molar-refractivity contribution in [3.05, 3.63) is 23.1 Å². The van der Waals surface area contributed by atoms with E-state index in [1.54, 1.807) is 0 Å². The lowest BCUT2D eigenvalue weighted by atomic mass is 10.1. The Bertz CT molecular complexity index is 465. The van der Waals surface area contributed by atoms with Crippen LogP contribution < -0.4 is 4.74 Å². The third-order valence-corrected chi connectivity index (χ3v) is 1.75. The highest BCUT2D eigenvalue weighted by Gasteiger charge is 2.41. The zero-order chi connectivity index (χ0) is 15.0. The third kappa shape index (κ3) is 3.64. The molecule has 0 aromatic carbocycles. The first-order valence-electron chi connectivity index (χ1n) is 4.23. The molecule has 0 saturated heterocycles. The third-order valence-electron chi connectivity index (χ3n) is 1.75. The lowest BCUT2D eigenvalue weighted by Gasteiger charge is -2.15. The van der Waals surface area contributed by atoms with Crippen molar-refractivity contribution in [2.45, 2.75) is 19.0 Å². The van der Waals surface area contributed by atoms with Crippen molar-refractivity contribution in [3.63, 3.8) is 0 Å². The summed E-state index contributed by atoms with van der Waals surface area (Å²) in [5, 5.41) is 0. The van der Waals surface area contributed by atoms with E-state index in [0.29, 0.717) is 0 Å². The van der Waals surface area contributed by atoms with Crippen LogP contribution in [-0.4, -0.2) is 11.3 Å². The Kier molecular flexibility index (Phi) is 3.87. The van der Waals surface area contributed by atoms with Gasteiger partial charge in [0.1, 0.15) is 11.1 Å². The van der Waals surface area contributed by atoms with Crippen LogP contribution in [0.2, 0.25) is 0 Å². The molecule has 0 aliphatic carbocycles. The second-order valence-electron chi connectivity index (χ2n) is 3.05. The van der Waals surface area contributed by atoms with Crippen molar-refractivity contribution in [2.24, 2.45) is 0 Å². The van der Waals surface area contributed by atoms with Gasteiger partial charge in [-0.3, -0.25) is 0 Å². The van der Waals surface area contributed by atoms with Crippen molar-refractivity contribution in [2.75, 3.05) is 0 Å². The molecule has 0 spiro atoms. The number of pyridine rings is 1. The Morgan fingerprint density at radius 1 is 1.05 bits per heavy atom. The smallest absolute Gasteiger partial charge is 0.387 e. The summed E-state index contributed by atoms with van der Waals surface area (Å²) in [7, 11) is 0. The molecule has 11 heteroatoms. The number of hydrogen-bond donors (Lipinski definition) is 0. The molecule has 0 amide bonds. The van der Waals surface area contributed by atoms with Crippen LogP contribution in [0.5, 0.6) is 5.88 Å². The van der Waals surface area contributed by atoms with Crippen molar-refractivity contribution >= 4 is 0 Å². The molecule has 1 rings (SSSR count). The number of aromatic nitrogens is 1. The van der Waals surface area contributed by atoms with Crippen LogP contribution in [0.1, 0.15) is 17.6 Å². The summed E-state index contributed by atoms with van der Waals surface area (Å²) in [4.78, 5) is 2.43. The Labute approximate surface area is 98.3 Å². The van der Waals surface area contributed by atoms with E-state index in [1.807, 2.05) is 0 Å². The summed E-state index contributed by atoms with van der Waals surface area (Å²) in [5.41, 5.74) is -4.41. The van der Waals surface area contributed by atoms with Crippen molar-refractivity contribution in [1.82, 2.24) is 4.98 Å². The molecule has 0 fully saturated rings. The van der Waals surface area contributed by atoms with Crippen molar-refractivity contribution < 1.29 is 44.3 Å². The molecule has 0 radical (unpaired) electrons. The van der Waals surface area contributed by atoms with E-state index < -0.39 is 41.8 Å². The fourth-order valence-corrected chi connectivity index (χ4v) is 1.07. The number of halogens is 9. The van der Waals surface area contributed by atoms with E-state index in [-0.39, 0.29) is 6.20 Å². The first-order chi connectivity index (χ1) is 8.43. The highest BCUT2D eigenvalue weighted by atomic mass is 19.4. The topological polar surface area (TPSA) is 22.1 Å². The maximum absolute atomic E-state index is 13.2. The zero-order valence-corrected chi connectivity index (χ0v) is 8.41. The molecule has 0 bridgehead atoms. The van der Waals surface area contributed by atoms with Crippen LogP contribution in [0.4, 0.5) is 39.5 Å². The minimum absolute atomic E-state index is 0.359. The molecule has 0 atom stereocenters. The monoisotopic (exact) mass is 299 g/mol. The molecule has 0 unspecified atom stereocenters. The molecule has 0 aliphatic rings. The summed E-state index contributed by atoms with van der Waals surface area (Å²) in [6, 6.07) is 0. The largest absolute Gasteiger partial charge is 0.574 e. The van der Waals surface area contributed by atoms with E-state index in [9.17, 15) is 39.5 Å². The highest BCUT2D eigenvalue weighted by Crippen LogP contribution is 2.39. The van der Waals surface area contributed by atoms with Crippen LogP contribution >= 0.6 is 0 Å². The van der Waals surface area contributed by atoms with Gasteiger partial charge in [0.2, 0.25) is 5.88 Å². The quantitative estimate of drug-likeness (QED) is 0.768. The molecule has 1 aromatic heterocycles. The summed E-state index contributed by atoms with van der Waals surface area (Å²) in [6.45, 7) is 0. The predicted molar refractivity (Wildman–Crippen MR) is 40.8 cm³/mol. The number of alkyl halides is 8. The average Bonchev–Trinajstić information content (AvgIpc) is 2.11. The zero-order valence-electron chi connectivity index (χ0n) is 8.41. The van der Waals surface area contributed by atoms with Gasteiger partial charge in [-0.1, -0.05) is 0 Å². The van der Waals surface area contributed by atoms with E-state index in [2.05, 4.69) is 9.72 Å². The summed E-state index contributed by atoms with van der Waals surface area (Å²) < 4.78 is 113. The SMILES string of the molecule is Fc1c(C(F)(F)F)cnc(OC(F)(F)F)c1C(F)F. The molecule has 108 valence electrons. The minimum Gasteiger partial charge on any atom is -0.387 e. The Hall–Kier alpha value is -1.68. The molecule has 0 aliphatic heterocycles. The Morgan fingerprint density at radius 2 is 1.58 bits per heavy atom. The van der Waals surface area contributed by atoms with Crippen LogP contribution in [-0.2, 0) is 6.18 Å². The van der Waals surface area contributed by atoms with E-state index >= 15 is 0 Å². The Balaban J connectivity index is 3.41. The summed E-state index contributed by atoms with van der Waals surface area (Å²) in [6.07, 6.45) is -15.2. The van der Waals surface area contributed by atoms with Gasteiger partial charge in [0.15, 0.2) is 5.82 Å². The number of hydrogen-bond acceptors (Lipinski definition) is 2. The molecule has 0 N–H and O–H groups in total. The molecule has 19 heavy (non-hydrogen) atoms. The number of nitrogens with zero attached hydrogens (tertiary/aromatic N) is 1. The standard InChI is InChI=1S/C8H2F9NO/c9-4-2(7(12,13)14)1-18-6(3(4)5(10)11)19-8(15,16)17/h1,5H. The fraction of sp³-hybridized carbons (Fsp3) is 0.375. The van der Waals surface area contributed by atoms with Crippen LogP contribution in [0.25, 0.3) is 0 Å². The van der Waals surface area contributed by atoms with Crippen LogP contribution in [0.15, 0.2) is 6.20 Å². The maximum atomic E-state index is 13.2. The van der Waals surface area contributed by atoms with Crippen molar-refractivity contribution in [3.8, 4) is 5.88 Å². The molecule has 0 saturated carbocycles. The highest BCUT2D eigenvalue weighted by molar-refractivity contribution is 5.34. The van der Waals surface area contributed by atoms with Crippen LogP contribution in [0.3, 0.4) is 0 Å². The predicted octanol–water partition coefficient (Wildman–Crippen LogP) is 4.08. The van der Waals surface area contributed by atoms with Gasteiger partial charge in [-0.05, 0) is 0 Å². The summed E-state index contributed by atoms with van der Waals surface area (Å²) >= 11 is 0. The van der Waals surface area contributed by atoms with Crippen LogP contribution in [0, 0.1) is 5.82 Å². The molecular formula is C8H2F9NO. The maximum Gasteiger partial charge on any atom is 0.574 e. The van der Waals surface area contributed by atoms with Gasteiger partial charge < -0.3 is 4.74 Å². The minimum atomic E-state index is -5.50. The number of rotatable bonds is 2. The van der Waals surface area contributed by atoms with E-state index in [0.717, 1.165) is 0 Å². The lowest BCUT2D eigenvalue weighted by Crippen LogP contribution is -2.21. The lowest BCUT2D eigenvalue weighted by molar-refractivity contribution is -0.276. The van der Waals surface area contributed by atoms with Gasteiger partial charge in [-0.15, -0.1) is 13.2 Å². The first-order valence-corrected chi connectivity index (χ1v) is 4.23. The molecule has 1 heterocycles. The van der Waals surface area contributed by atoms with Gasteiger partial charge in [0, 0.05) is 6.20 Å². The second kappa shape index (κ2) is 4.78. The van der Waals surface area contributed by atoms with Gasteiger partial charge >= 0.3 is 12.5 Å².